The summed E-state index contributed by atoms with van der Waals surface area (Å²) in [6.07, 6.45) is 77.3. The molecule has 6 heteroatoms. The van der Waals surface area contributed by atoms with Gasteiger partial charge in [0.15, 0.2) is 0 Å². The molecule has 0 heterocycles. The van der Waals surface area contributed by atoms with Gasteiger partial charge in [0.25, 0.3) is 0 Å². The summed E-state index contributed by atoms with van der Waals surface area (Å²) in [6.45, 7) is 4.92. The Hall–Kier alpha value is -1.92. The third kappa shape index (κ3) is 57.4. The van der Waals surface area contributed by atoms with Crippen molar-refractivity contribution in [3.8, 4) is 0 Å². The minimum absolute atomic E-state index is 0.0228. The standard InChI is InChI=1S/C66H125NO5/c1-3-5-7-9-11-13-15-17-19-20-21-22-23-24-25-27-31-34-38-42-46-50-54-58-64(69)63(62-68)67-65(70)59-55-51-47-43-39-35-32-28-26-29-33-37-41-45-49-53-57-61-72-66(71)60-56-52-48-44-40-36-30-18-16-14-12-10-8-6-4-2/h18,26,29-30,37,41,63-64,68-69H,3-17,19-25,27-28,31-36,38-40,42-62H2,1-2H3,(H,67,70)/b29-26-,30-18-,41-37-. The predicted octanol–water partition coefficient (Wildman–Crippen LogP) is 20.4. The molecule has 424 valence electrons. The SMILES string of the molecule is CCCCCCCC/C=C\CCCCCCCC(=O)OCCCCC/C=C\C/C=C\CCCCCCCCCC(=O)NC(CO)C(O)CCCCCCCCCCCCCCCCCCCCCCCCC. The van der Waals surface area contributed by atoms with E-state index < -0.39 is 12.1 Å². The molecule has 2 unspecified atom stereocenters. The summed E-state index contributed by atoms with van der Waals surface area (Å²) in [5.41, 5.74) is 0. The van der Waals surface area contributed by atoms with Crippen LogP contribution in [0.2, 0.25) is 0 Å². The number of carbonyl (C=O) groups excluding carboxylic acids is 2. The molecule has 6 nitrogen and oxygen atoms in total. The van der Waals surface area contributed by atoms with Gasteiger partial charge in [-0.1, -0.05) is 281 Å². The number of aliphatic hydroxyl groups is 2. The maximum absolute atomic E-state index is 12.5. The van der Waals surface area contributed by atoms with Gasteiger partial charge in [-0.15, -0.1) is 0 Å². The van der Waals surface area contributed by atoms with Crippen LogP contribution < -0.4 is 5.32 Å². The molecule has 0 aliphatic heterocycles. The van der Waals surface area contributed by atoms with E-state index in [9.17, 15) is 19.8 Å². The maximum Gasteiger partial charge on any atom is 0.305 e. The van der Waals surface area contributed by atoms with E-state index in [1.807, 2.05) is 0 Å². The summed E-state index contributed by atoms with van der Waals surface area (Å²) < 4.78 is 5.45. The van der Waals surface area contributed by atoms with Crippen molar-refractivity contribution >= 4 is 11.9 Å². The number of aliphatic hydroxyl groups excluding tert-OH is 2. The van der Waals surface area contributed by atoms with Crippen LogP contribution in [0.15, 0.2) is 36.5 Å². The summed E-state index contributed by atoms with van der Waals surface area (Å²) in [6, 6.07) is -0.556. The van der Waals surface area contributed by atoms with E-state index in [-0.39, 0.29) is 18.5 Å². The molecule has 0 aromatic rings. The van der Waals surface area contributed by atoms with Crippen LogP contribution in [0, 0.1) is 0 Å². The van der Waals surface area contributed by atoms with Crippen LogP contribution in [0.1, 0.15) is 348 Å². The molecule has 0 aliphatic rings. The van der Waals surface area contributed by atoms with Gasteiger partial charge in [0.2, 0.25) is 5.91 Å². The fraction of sp³-hybridized carbons (Fsp3) is 0.879. The molecule has 0 fully saturated rings. The van der Waals surface area contributed by atoms with Gasteiger partial charge < -0.3 is 20.3 Å². The lowest BCUT2D eigenvalue weighted by Gasteiger charge is -2.22. The number of ether oxygens (including phenoxy) is 1. The normalized spacial score (nSPS) is 12.8. The number of carbonyl (C=O) groups is 2. The highest BCUT2D eigenvalue weighted by molar-refractivity contribution is 5.76. The second-order valence-electron chi connectivity index (χ2n) is 22.1. The number of nitrogens with one attached hydrogen (secondary N) is 1. The van der Waals surface area contributed by atoms with E-state index in [1.165, 1.54) is 231 Å². The third-order valence-corrected chi connectivity index (χ3v) is 14.9. The molecule has 0 aliphatic carbocycles. The Bertz CT molecular complexity index is 1170. The molecular weight excluding hydrogens is 887 g/mol. The van der Waals surface area contributed by atoms with E-state index in [2.05, 4.69) is 55.6 Å². The highest BCUT2D eigenvalue weighted by atomic mass is 16.5. The lowest BCUT2D eigenvalue weighted by Crippen LogP contribution is -2.45. The van der Waals surface area contributed by atoms with E-state index in [1.54, 1.807) is 0 Å². The lowest BCUT2D eigenvalue weighted by atomic mass is 10.0. The second-order valence-corrected chi connectivity index (χ2v) is 22.1. The zero-order valence-corrected chi connectivity index (χ0v) is 48.4. The topological polar surface area (TPSA) is 95.9 Å². The largest absolute Gasteiger partial charge is 0.466 e. The zero-order valence-electron chi connectivity index (χ0n) is 48.4. The van der Waals surface area contributed by atoms with E-state index in [0.717, 1.165) is 83.5 Å². The predicted molar refractivity (Wildman–Crippen MR) is 315 cm³/mol. The first kappa shape index (κ1) is 70.1. The quantitative estimate of drug-likeness (QED) is 0.0320. The van der Waals surface area contributed by atoms with Crippen molar-refractivity contribution in [3.05, 3.63) is 36.5 Å². The van der Waals surface area contributed by atoms with Gasteiger partial charge in [-0.2, -0.15) is 0 Å². The highest BCUT2D eigenvalue weighted by Gasteiger charge is 2.20. The van der Waals surface area contributed by atoms with Crippen molar-refractivity contribution in [2.45, 2.75) is 360 Å². The summed E-state index contributed by atoms with van der Waals surface area (Å²) >= 11 is 0. The molecule has 0 rings (SSSR count). The maximum atomic E-state index is 12.5. The van der Waals surface area contributed by atoms with Crippen LogP contribution in [0.3, 0.4) is 0 Å². The monoisotopic (exact) mass is 1010 g/mol. The first-order valence-electron chi connectivity index (χ1n) is 32.2. The van der Waals surface area contributed by atoms with Crippen molar-refractivity contribution < 1.29 is 24.5 Å². The van der Waals surface area contributed by atoms with E-state index >= 15 is 0 Å². The molecule has 2 atom stereocenters. The second kappa shape index (κ2) is 61.6. The van der Waals surface area contributed by atoms with Crippen molar-refractivity contribution in [1.29, 1.82) is 0 Å². The third-order valence-electron chi connectivity index (χ3n) is 14.9. The lowest BCUT2D eigenvalue weighted by molar-refractivity contribution is -0.143. The number of hydrogen-bond donors (Lipinski definition) is 3. The first-order chi connectivity index (χ1) is 35.5. The Morgan fingerprint density at radius 2 is 0.694 bits per heavy atom. The Morgan fingerprint density at radius 1 is 0.389 bits per heavy atom. The fourth-order valence-electron chi connectivity index (χ4n) is 9.96. The van der Waals surface area contributed by atoms with Gasteiger partial charge in [0.05, 0.1) is 25.4 Å². The van der Waals surface area contributed by atoms with Crippen LogP contribution in [-0.2, 0) is 14.3 Å². The molecule has 0 aromatic heterocycles. The Kier molecular flexibility index (Phi) is 60.0. The van der Waals surface area contributed by atoms with Gasteiger partial charge in [0, 0.05) is 12.8 Å². The summed E-state index contributed by atoms with van der Waals surface area (Å²) in [4.78, 5) is 24.6. The number of rotatable bonds is 60. The number of unbranched alkanes of at least 4 members (excludes halogenated alkanes) is 43. The molecule has 0 bridgehead atoms. The van der Waals surface area contributed by atoms with Gasteiger partial charge in [-0.25, -0.2) is 0 Å². The van der Waals surface area contributed by atoms with E-state index in [0.29, 0.717) is 25.9 Å². The molecule has 1 amide bonds. The smallest absolute Gasteiger partial charge is 0.305 e. The molecular formula is C66H125NO5. The molecule has 0 saturated carbocycles. The minimum Gasteiger partial charge on any atom is -0.466 e. The first-order valence-corrected chi connectivity index (χ1v) is 32.2. The van der Waals surface area contributed by atoms with Crippen molar-refractivity contribution in [3.63, 3.8) is 0 Å². The van der Waals surface area contributed by atoms with Crippen LogP contribution in [0.5, 0.6) is 0 Å². The van der Waals surface area contributed by atoms with E-state index in [4.69, 9.17) is 4.74 Å². The van der Waals surface area contributed by atoms with Gasteiger partial charge in [-0.05, 0) is 89.9 Å². The van der Waals surface area contributed by atoms with Gasteiger partial charge in [-0.3, -0.25) is 9.59 Å². The Labute approximate surface area is 449 Å². The van der Waals surface area contributed by atoms with Gasteiger partial charge >= 0.3 is 5.97 Å². The molecule has 0 saturated heterocycles. The van der Waals surface area contributed by atoms with Crippen LogP contribution in [-0.4, -0.2) is 47.4 Å². The number of hydrogen-bond acceptors (Lipinski definition) is 5. The average molecular weight is 1010 g/mol. The molecule has 72 heavy (non-hydrogen) atoms. The molecule has 3 N–H and O–H groups in total. The minimum atomic E-state index is -0.677. The van der Waals surface area contributed by atoms with Crippen molar-refractivity contribution in [2.75, 3.05) is 13.2 Å². The zero-order chi connectivity index (χ0) is 52.2. The fourth-order valence-corrected chi connectivity index (χ4v) is 9.96. The van der Waals surface area contributed by atoms with Crippen LogP contribution >= 0.6 is 0 Å². The van der Waals surface area contributed by atoms with Crippen LogP contribution in [0.25, 0.3) is 0 Å². The number of esters is 1. The Balaban J connectivity index is 3.49. The molecule has 0 radical (unpaired) electrons. The number of allylic oxidation sites excluding steroid dienone is 6. The Morgan fingerprint density at radius 3 is 1.07 bits per heavy atom. The summed E-state index contributed by atoms with van der Waals surface area (Å²) in [7, 11) is 0. The number of amides is 1. The average Bonchev–Trinajstić information content (AvgIpc) is 3.38. The summed E-state index contributed by atoms with van der Waals surface area (Å²) in [5.74, 6) is -0.0710. The van der Waals surface area contributed by atoms with Crippen LogP contribution in [0.4, 0.5) is 0 Å². The van der Waals surface area contributed by atoms with Gasteiger partial charge in [0.1, 0.15) is 0 Å². The summed E-state index contributed by atoms with van der Waals surface area (Å²) in [5, 5.41) is 23.4. The highest BCUT2D eigenvalue weighted by Crippen LogP contribution is 2.18. The van der Waals surface area contributed by atoms with Crippen molar-refractivity contribution in [1.82, 2.24) is 5.32 Å². The molecule has 0 aromatic carbocycles. The van der Waals surface area contributed by atoms with Crippen molar-refractivity contribution in [2.24, 2.45) is 0 Å². The molecule has 0 spiro atoms.